The molecule has 170 valence electrons. The van der Waals surface area contributed by atoms with E-state index < -0.39 is 0 Å². The lowest BCUT2D eigenvalue weighted by molar-refractivity contribution is 0.116. The van der Waals surface area contributed by atoms with Crippen molar-refractivity contribution in [1.82, 2.24) is 15.0 Å². The van der Waals surface area contributed by atoms with E-state index in [0.29, 0.717) is 5.75 Å². The predicted molar refractivity (Wildman–Crippen MR) is 133 cm³/mol. The molecule has 1 aliphatic carbocycles. The SMILES string of the molecule is CN(C)c1ccc(-c2cc(Oc3ccc4nc(N[C@@H]5CCCC[C@H]5O)sc4c3)ccn2)cn1. The highest BCUT2D eigenvalue weighted by atomic mass is 32.1. The van der Waals surface area contributed by atoms with Crippen LogP contribution in [0.25, 0.3) is 21.5 Å². The summed E-state index contributed by atoms with van der Waals surface area (Å²) in [5.74, 6) is 2.36. The molecule has 3 aromatic heterocycles. The third-order valence-electron chi connectivity index (χ3n) is 5.87. The first-order chi connectivity index (χ1) is 16.0. The summed E-state index contributed by atoms with van der Waals surface area (Å²) < 4.78 is 7.18. The Bertz CT molecular complexity index is 1240. The molecule has 0 bridgehead atoms. The number of fused-ring (bicyclic) bond motifs is 1. The molecule has 1 aliphatic rings. The molecule has 5 rings (SSSR count). The molecule has 1 fully saturated rings. The van der Waals surface area contributed by atoms with Crippen LogP contribution in [0.5, 0.6) is 11.5 Å². The topological polar surface area (TPSA) is 83.4 Å². The van der Waals surface area contributed by atoms with E-state index >= 15 is 0 Å². The third-order valence-corrected chi connectivity index (χ3v) is 6.82. The van der Waals surface area contributed by atoms with Gasteiger partial charge in [-0.3, -0.25) is 4.98 Å². The minimum Gasteiger partial charge on any atom is -0.457 e. The number of aromatic nitrogens is 3. The minimum atomic E-state index is -0.306. The average molecular weight is 462 g/mol. The lowest BCUT2D eigenvalue weighted by Crippen LogP contribution is -2.36. The molecular formula is C25H27N5O2S. The van der Waals surface area contributed by atoms with Crippen LogP contribution in [0.1, 0.15) is 25.7 Å². The Morgan fingerprint density at radius 3 is 2.67 bits per heavy atom. The van der Waals surface area contributed by atoms with Crippen LogP contribution in [0.4, 0.5) is 10.9 Å². The van der Waals surface area contributed by atoms with Gasteiger partial charge in [0.15, 0.2) is 5.13 Å². The predicted octanol–water partition coefficient (Wildman–Crippen LogP) is 5.33. The summed E-state index contributed by atoms with van der Waals surface area (Å²) in [7, 11) is 3.93. The summed E-state index contributed by atoms with van der Waals surface area (Å²) in [4.78, 5) is 15.6. The van der Waals surface area contributed by atoms with Gasteiger partial charge < -0.3 is 20.1 Å². The molecule has 0 amide bonds. The summed E-state index contributed by atoms with van der Waals surface area (Å²) in [6.45, 7) is 0. The largest absolute Gasteiger partial charge is 0.457 e. The van der Waals surface area contributed by atoms with Crippen molar-refractivity contribution in [3.05, 3.63) is 54.9 Å². The quantitative estimate of drug-likeness (QED) is 0.402. The molecule has 0 unspecified atom stereocenters. The number of thiazole rings is 1. The van der Waals surface area contributed by atoms with Crippen LogP contribution in [0.15, 0.2) is 54.9 Å². The van der Waals surface area contributed by atoms with Crippen LogP contribution in [-0.2, 0) is 0 Å². The fraction of sp³-hybridized carbons (Fsp3) is 0.320. The van der Waals surface area contributed by atoms with Gasteiger partial charge in [-0.15, -0.1) is 0 Å². The van der Waals surface area contributed by atoms with E-state index in [4.69, 9.17) is 4.74 Å². The van der Waals surface area contributed by atoms with Crippen molar-refractivity contribution >= 4 is 32.5 Å². The van der Waals surface area contributed by atoms with Gasteiger partial charge in [-0.25, -0.2) is 9.97 Å². The van der Waals surface area contributed by atoms with Crippen molar-refractivity contribution in [3.8, 4) is 22.8 Å². The summed E-state index contributed by atoms with van der Waals surface area (Å²) in [6, 6.07) is 13.7. The smallest absolute Gasteiger partial charge is 0.184 e. The Morgan fingerprint density at radius 1 is 1.03 bits per heavy atom. The Kier molecular flexibility index (Phi) is 6.11. The first-order valence-corrected chi connectivity index (χ1v) is 12.0. The maximum absolute atomic E-state index is 10.2. The first kappa shape index (κ1) is 21.6. The van der Waals surface area contributed by atoms with Gasteiger partial charge >= 0.3 is 0 Å². The number of aliphatic hydroxyl groups is 1. The number of hydrogen-bond acceptors (Lipinski definition) is 8. The van der Waals surface area contributed by atoms with Crippen LogP contribution in [0.2, 0.25) is 0 Å². The van der Waals surface area contributed by atoms with Crippen LogP contribution < -0.4 is 15.0 Å². The van der Waals surface area contributed by atoms with Crippen LogP contribution in [0, 0.1) is 0 Å². The number of pyridine rings is 2. The molecular weight excluding hydrogens is 434 g/mol. The monoisotopic (exact) mass is 461 g/mol. The van der Waals surface area contributed by atoms with Crippen molar-refractivity contribution in [2.45, 2.75) is 37.8 Å². The zero-order chi connectivity index (χ0) is 22.8. The fourth-order valence-electron chi connectivity index (χ4n) is 4.04. The summed E-state index contributed by atoms with van der Waals surface area (Å²) in [5.41, 5.74) is 2.66. The van der Waals surface area contributed by atoms with Gasteiger partial charge in [0, 0.05) is 44.2 Å². The highest BCUT2D eigenvalue weighted by Crippen LogP contribution is 2.33. The molecule has 0 saturated heterocycles. The number of anilines is 2. The first-order valence-electron chi connectivity index (χ1n) is 11.2. The van der Waals surface area contributed by atoms with Crippen molar-refractivity contribution in [2.24, 2.45) is 0 Å². The molecule has 0 radical (unpaired) electrons. The summed E-state index contributed by atoms with van der Waals surface area (Å²) in [6.07, 6.45) is 7.32. The Balaban J connectivity index is 1.32. The Morgan fingerprint density at radius 2 is 1.88 bits per heavy atom. The van der Waals surface area contributed by atoms with Crippen molar-refractivity contribution < 1.29 is 9.84 Å². The second kappa shape index (κ2) is 9.33. The molecule has 0 aliphatic heterocycles. The number of hydrogen-bond donors (Lipinski definition) is 2. The van der Waals surface area contributed by atoms with E-state index in [0.717, 1.165) is 63.9 Å². The van der Waals surface area contributed by atoms with Crippen LogP contribution >= 0.6 is 11.3 Å². The number of ether oxygens (including phenoxy) is 1. The Hall–Kier alpha value is -3.23. The van der Waals surface area contributed by atoms with Gasteiger partial charge in [0.2, 0.25) is 0 Å². The lowest BCUT2D eigenvalue weighted by Gasteiger charge is -2.27. The van der Waals surface area contributed by atoms with Crippen LogP contribution in [0.3, 0.4) is 0 Å². The highest BCUT2D eigenvalue weighted by molar-refractivity contribution is 7.22. The number of rotatable bonds is 6. The van der Waals surface area contributed by atoms with Gasteiger partial charge in [0.1, 0.15) is 17.3 Å². The number of aliphatic hydroxyl groups excluding tert-OH is 1. The van der Waals surface area contributed by atoms with Gasteiger partial charge in [-0.05, 0) is 43.2 Å². The molecule has 2 atom stereocenters. The van der Waals surface area contributed by atoms with E-state index in [2.05, 4.69) is 20.3 Å². The normalized spacial score (nSPS) is 18.3. The van der Waals surface area contributed by atoms with E-state index in [9.17, 15) is 5.11 Å². The maximum atomic E-state index is 10.2. The minimum absolute atomic E-state index is 0.0755. The molecule has 4 aromatic rings. The molecule has 7 nitrogen and oxygen atoms in total. The van der Waals surface area contributed by atoms with Gasteiger partial charge in [0.05, 0.1) is 28.1 Å². The van der Waals surface area contributed by atoms with E-state index in [-0.39, 0.29) is 12.1 Å². The van der Waals surface area contributed by atoms with E-state index in [1.165, 1.54) is 0 Å². The molecule has 8 heteroatoms. The molecule has 1 saturated carbocycles. The lowest BCUT2D eigenvalue weighted by atomic mass is 9.93. The van der Waals surface area contributed by atoms with Gasteiger partial charge in [-0.2, -0.15) is 0 Å². The number of benzene rings is 1. The zero-order valence-electron chi connectivity index (χ0n) is 18.7. The zero-order valence-corrected chi connectivity index (χ0v) is 19.5. The standard InChI is InChI=1S/C25H27N5O2S/c1-30(2)24-10-7-16(15-27-24)21-13-18(11-12-26-21)32-17-8-9-20-23(14-17)33-25(29-20)28-19-5-3-4-6-22(19)31/h7-15,19,22,31H,3-6H2,1-2H3,(H,28,29)/t19-,22-/m1/s1. The number of nitrogens with zero attached hydrogens (tertiary/aromatic N) is 4. The van der Waals surface area contributed by atoms with Crippen molar-refractivity contribution in [3.63, 3.8) is 0 Å². The Labute approximate surface area is 197 Å². The maximum Gasteiger partial charge on any atom is 0.184 e. The summed E-state index contributed by atoms with van der Waals surface area (Å²) in [5, 5.41) is 14.5. The highest BCUT2D eigenvalue weighted by Gasteiger charge is 2.23. The molecule has 2 N–H and O–H groups in total. The second-order valence-corrected chi connectivity index (χ2v) is 9.56. The van der Waals surface area contributed by atoms with Gasteiger partial charge in [-0.1, -0.05) is 24.2 Å². The van der Waals surface area contributed by atoms with E-state index in [1.54, 1.807) is 17.5 Å². The van der Waals surface area contributed by atoms with E-state index in [1.807, 2.05) is 67.7 Å². The van der Waals surface area contributed by atoms with Crippen LogP contribution in [-0.4, -0.2) is 46.3 Å². The van der Waals surface area contributed by atoms with Crippen molar-refractivity contribution in [2.75, 3.05) is 24.3 Å². The third kappa shape index (κ3) is 4.91. The average Bonchev–Trinajstić information content (AvgIpc) is 3.22. The van der Waals surface area contributed by atoms with Gasteiger partial charge in [0.25, 0.3) is 0 Å². The summed E-state index contributed by atoms with van der Waals surface area (Å²) >= 11 is 1.58. The molecule has 33 heavy (non-hydrogen) atoms. The fourth-order valence-corrected chi connectivity index (χ4v) is 5.00. The molecule has 3 heterocycles. The molecule has 1 aromatic carbocycles. The second-order valence-electron chi connectivity index (χ2n) is 8.53. The van der Waals surface area contributed by atoms with Crippen molar-refractivity contribution in [1.29, 1.82) is 0 Å². The number of nitrogens with one attached hydrogen (secondary N) is 1. The molecule has 0 spiro atoms.